The van der Waals surface area contributed by atoms with Gasteiger partial charge in [-0.1, -0.05) is 26.8 Å². The summed E-state index contributed by atoms with van der Waals surface area (Å²) in [6, 6.07) is 5.78. The summed E-state index contributed by atoms with van der Waals surface area (Å²) in [5, 5.41) is 6.29. The van der Waals surface area contributed by atoms with Crippen LogP contribution in [0.4, 0.5) is 0 Å². The number of hydrogen-bond donors (Lipinski definition) is 2. The third-order valence-electron chi connectivity index (χ3n) is 4.27. The van der Waals surface area contributed by atoms with E-state index in [1.54, 1.807) is 24.3 Å². The van der Waals surface area contributed by atoms with E-state index in [0.29, 0.717) is 37.9 Å². The molecule has 1 amide bonds. The van der Waals surface area contributed by atoms with Gasteiger partial charge in [-0.25, -0.2) is 9.98 Å². The van der Waals surface area contributed by atoms with Crippen molar-refractivity contribution < 1.29 is 9.21 Å². The number of hydrogen-bond acceptors (Lipinski definition) is 5. The molecule has 0 aliphatic rings. The summed E-state index contributed by atoms with van der Waals surface area (Å²) in [6.45, 7) is 9.94. The van der Waals surface area contributed by atoms with Crippen molar-refractivity contribution in [2.75, 3.05) is 26.7 Å². The topological polar surface area (TPSA) is 95.7 Å². The molecule has 0 atom stereocenters. The monoisotopic (exact) mass is 400 g/mol. The van der Waals surface area contributed by atoms with Crippen LogP contribution in [-0.2, 0) is 23.2 Å². The number of aliphatic imine (C=N–C) groups is 1. The molecule has 0 saturated heterocycles. The minimum absolute atomic E-state index is 0.0516. The molecule has 2 aromatic rings. The molecule has 2 aromatic heterocycles. The van der Waals surface area contributed by atoms with Crippen LogP contribution in [0.2, 0.25) is 0 Å². The van der Waals surface area contributed by atoms with Crippen LogP contribution in [0.1, 0.15) is 45.0 Å². The predicted octanol–water partition coefficient (Wildman–Crippen LogP) is 2.12. The molecule has 8 nitrogen and oxygen atoms in total. The number of aromatic nitrogens is 2. The quantitative estimate of drug-likeness (QED) is 0.521. The Morgan fingerprint density at radius 2 is 2.03 bits per heavy atom. The number of amides is 1. The fourth-order valence-corrected chi connectivity index (χ4v) is 2.46. The molecule has 2 heterocycles. The van der Waals surface area contributed by atoms with Crippen molar-refractivity contribution in [3.63, 3.8) is 0 Å². The van der Waals surface area contributed by atoms with E-state index < -0.39 is 0 Å². The van der Waals surface area contributed by atoms with E-state index in [9.17, 15) is 4.79 Å². The number of guanidine groups is 1. The molecule has 2 N–H and O–H groups in total. The Kier molecular flexibility index (Phi) is 8.18. The van der Waals surface area contributed by atoms with Crippen LogP contribution >= 0.6 is 0 Å². The van der Waals surface area contributed by atoms with E-state index in [0.717, 1.165) is 11.5 Å². The van der Waals surface area contributed by atoms with E-state index in [-0.39, 0.29) is 17.9 Å². The average molecular weight is 401 g/mol. The van der Waals surface area contributed by atoms with Gasteiger partial charge in [-0.2, -0.15) is 0 Å². The van der Waals surface area contributed by atoms with Gasteiger partial charge >= 0.3 is 0 Å². The van der Waals surface area contributed by atoms with Crippen molar-refractivity contribution in [2.24, 2.45) is 4.99 Å². The predicted molar refractivity (Wildman–Crippen MR) is 114 cm³/mol. The van der Waals surface area contributed by atoms with E-state index in [4.69, 9.17) is 4.42 Å². The molecular formula is C21H32N6O2. The lowest BCUT2D eigenvalue weighted by molar-refractivity contribution is -0.128. The molecule has 0 aliphatic carbocycles. The Hall–Kier alpha value is -2.90. The molecule has 158 valence electrons. The number of nitrogens with one attached hydrogen (secondary N) is 2. The first-order valence-corrected chi connectivity index (χ1v) is 9.91. The van der Waals surface area contributed by atoms with Crippen molar-refractivity contribution in [3.8, 4) is 0 Å². The van der Waals surface area contributed by atoms with E-state index in [1.165, 1.54) is 0 Å². The highest BCUT2D eigenvalue weighted by Gasteiger charge is 2.19. The number of nitrogens with zero attached hydrogens (tertiary/aromatic N) is 4. The zero-order chi connectivity index (χ0) is 21.3. The molecule has 0 unspecified atom stereocenters. The Morgan fingerprint density at radius 1 is 1.24 bits per heavy atom. The van der Waals surface area contributed by atoms with Crippen molar-refractivity contribution in [1.82, 2.24) is 25.5 Å². The number of carbonyl (C=O) groups excluding carboxylic acids is 1. The maximum absolute atomic E-state index is 12.4. The Bertz CT molecular complexity index is 795. The standard InChI is InChI=1S/C21H32N6O2/c1-6-22-20(25-14-18-24-13-17(29-18)21(2,3)4)26-15-19(28)27(5)12-10-16-9-7-8-11-23-16/h7-9,11,13H,6,10,12,14-15H2,1-5H3,(H2,22,25,26). The highest BCUT2D eigenvalue weighted by Crippen LogP contribution is 2.22. The second-order valence-corrected chi connectivity index (χ2v) is 7.80. The van der Waals surface area contributed by atoms with Gasteiger partial charge < -0.3 is 20.0 Å². The minimum atomic E-state index is -0.0872. The van der Waals surface area contributed by atoms with Crippen molar-refractivity contribution in [3.05, 3.63) is 47.9 Å². The van der Waals surface area contributed by atoms with Gasteiger partial charge in [-0.3, -0.25) is 9.78 Å². The first-order valence-electron chi connectivity index (χ1n) is 9.91. The van der Waals surface area contributed by atoms with Crippen LogP contribution in [0.3, 0.4) is 0 Å². The fraction of sp³-hybridized carbons (Fsp3) is 0.524. The molecular weight excluding hydrogens is 368 g/mol. The van der Waals surface area contributed by atoms with Crippen LogP contribution in [0.15, 0.2) is 40.0 Å². The molecule has 0 radical (unpaired) electrons. The number of carbonyl (C=O) groups is 1. The SMILES string of the molecule is CCNC(=NCC(=O)N(C)CCc1ccccn1)NCc1ncc(C(C)(C)C)o1. The Labute approximate surface area is 172 Å². The molecule has 0 fully saturated rings. The summed E-state index contributed by atoms with van der Waals surface area (Å²) < 4.78 is 5.78. The van der Waals surface area contributed by atoms with Crippen molar-refractivity contribution in [1.29, 1.82) is 0 Å². The van der Waals surface area contributed by atoms with Gasteiger partial charge in [0.2, 0.25) is 11.8 Å². The first-order chi connectivity index (χ1) is 13.8. The first kappa shape index (κ1) is 22.4. The Balaban J connectivity index is 1.85. The molecule has 0 spiro atoms. The van der Waals surface area contributed by atoms with Gasteiger partial charge in [0.25, 0.3) is 0 Å². The van der Waals surface area contributed by atoms with Crippen LogP contribution in [0, 0.1) is 0 Å². The van der Waals surface area contributed by atoms with Crippen LogP contribution in [0.5, 0.6) is 0 Å². The van der Waals surface area contributed by atoms with E-state index >= 15 is 0 Å². The lowest BCUT2D eigenvalue weighted by Crippen LogP contribution is -2.38. The zero-order valence-corrected chi connectivity index (χ0v) is 18.0. The lowest BCUT2D eigenvalue weighted by Gasteiger charge is -2.16. The Morgan fingerprint density at radius 3 is 2.66 bits per heavy atom. The van der Waals surface area contributed by atoms with E-state index in [2.05, 4.69) is 46.4 Å². The molecule has 8 heteroatoms. The third kappa shape index (κ3) is 7.56. The number of oxazole rings is 1. The van der Waals surface area contributed by atoms with Gasteiger partial charge in [0.15, 0.2) is 5.96 Å². The molecule has 0 bridgehead atoms. The third-order valence-corrected chi connectivity index (χ3v) is 4.27. The van der Waals surface area contributed by atoms with Gasteiger partial charge in [0.1, 0.15) is 12.3 Å². The molecule has 29 heavy (non-hydrogen) atoms. The second-order valence-electron chi connectivity index (χ2n) is 7.80. The van der Waals surface area contributed by atoms with Gasteiger partial charge in [-0.05, 0) is 19.1 Å². The normalized spacial score (nSPS) is 12.0. The fourth-order valence-electron chi connectivity index (χ4n) is 2.46. The zero-order valence-electron chi connectivity index (χ0n) is 18.0. The molecule has 0 saturated carbocycles. The van der Waals surface area contributed by atoms with Gasteiger partial charge in [-0.15, -0.1) is 0 Å². The molecule has 0 aliphatic heterocycles. The summed E-state index contributed by atoms with van der Waals surface area (Å²) >= 11 is 0. The number of rotatable bonds is 8. The van der Waals surface area contributed by atoms with Crippen LogP contribution in [-0.4, -0.2) is 53.4 Å². The van der Waals surface area contributed by atoms with Crippen molar-refractivity contribution >= 4 is 11.9 Å². The maximum Gasteiger partial charge on any atom is 0.244 e. The smallest absolute Gasteiger partial charge is 0.244 e. The number of pyridine rings is 1. The highest BCUT2D eigenvalue weighted by molar-refractivity contribution is 5.84. The number of likely N-dealkylation sites (N-methyl/N-ethyl adjacent to an activating group) is 1. The van der Waals surface area contributed by atoms with Crippen LogP contribution in [0.25, 0.3) is 0 Å². The second kappa shape index (κ2) is 10.6. The van der Waals surface area contributed by atoms with E-state index in [1.807, 2.05) is 25.1 Å². The summed E-state index contributed by atoms with van der Waals surface area (Å²) in [6.07, 6.45) is 4.22. The lowest BCUT2D eigenvalue weighted by atomic mass is 9.94. The summed E-state index contributed by atoms with van der Waals surface area (Å²) in [7, 11) is 1.78. The van der Waals surface area contributed by atoms with Crippen LogP contribution < -0.4 is 10.6 Å². The largest absolute Gasteiger partial charge is 0.443 e. The van der Waals surface area contributed by atoms with Crippen molar-refractivity contribution in [2.45, 2.75) is 46.1 Å². The van der Waals surface area contributed by atoms with Gasteiger partial charge in [0, 0.05) is 43.9 Å². The maximum atomic E-state index is 12.4. The summed E-state index contributed by atoms with van der Waals surface area (Å²) in [4.78, 5) is 27.0. The summed E-state index contributed by atoms with van der Waals surface area (Å²) in [5.74, 6) is 1.92. The minimum Gasteiger partial charge on any atom is -0.443 e. The molecule has 0 aromatic carbocycles. The highest BCUT2D eigenvalue weighted by atomic mass is 16.4. The summed E-state index contributed by atoms with van der Waals surface area (Å²) in [5.41, 5.74) is 0.877. The van der Waals surface area contributed by atoms with Gasteiger partial charge in [0.05, 0.1) is 12.7 Å². The molecule has 2 rings (SSSR count). The average Bonchev–Trinajstić information content (AvgIpc) is 3.18.